The van der Waals surface area contributed by atoms with E-state index < -0.39 is 27.6 Å². The van der Waals surface area contributed by atoms with Gasteiger partial charge in [0.05, 0.1) is 6.42 Å². The first-order chi connectivity index (χ1) is 8.50. The van der Waals surface area contributed by atoms with Crippen LogP contribution in [-0.4, -0.2) is 43.4 Å². The second-order valence-corrected chi connectivity index (χ2v) is 7.62. The fourth-order valence-corrected chi connectivity index (χ4v) is 2.82. The molecule has 0 aromatic heterocycles. The summed E-state index contributed by atoms with van der Waals surface area (Å²) >= 11 is 0. The quantitative estimate of drug-likeness (QED) is 0.709. The molecule has 0 heterocycles. The van der Waals surface area contributed by atoms with Crippen molar-refractivity contribution in [1.82, 2.24) is 9.03 Å². The first-order valence-electron chi connectivity index (χ1n) is 6.46. The Morgan fingerprint density at radius 2 is 1.89 bits per heavy atom. The molecule has 6 nitrogen and oxygen atoms in total. The van der Waals surface area contributed by atoms with Crippen molar-refractivity contribution in [3.8, 4) is 0 Å². The summed E-state index contributed by atoms with van der Waals surface area (Å²) < 4.78 is 27.9. The second kappa shape index (κ2) is 7.21. The van der Waals surface area contributed by atoms with Crippen LogP contribution in [0, 0.1) is 5.41 Å². The Balaban J connectivity index is 4.87. The topological polar surface area (TPSA) is 86.7 Å². The van der Waals surface area contributed by atoms with Gasteiger partial charge in [-0.2, -0.15) is 17.4 Å². The van der Waals surface area contributed by atoms with Crippen LogP contribution >= 0.6 is 0 Å². The fourth-order valence-electron chi connectivity index (χ4n) is 1.47. The fraction of sp³-hybridized carbons (Fsp3) is 0.917. The van der Waals surface area contributed by atoms with E-state index in [0.29, 0.717) is 6.54 Å². The second-order valence-electron chi connectivity index (χ2n) is 5.81. The lowest BCUT2D eigenvalue weighted by atomic mass is 9.85. The van der Waals surface area contributed by atoms with E-state index >= 15 is 0 Å². The molecule has 0 rings (SSSR count). The standard InChI is InChI=1S/C12H26N2O4S/c1-6-7-8-14(5)19(17,18)13-10(9-11(15)16)12(2,3)4/h10,13H,6-9H2,1-5H3,(H,15,16). The zero-order valence-electron chi connectivity index (χ0n) is 12.4. The van der Waals surface area contributed by atoms with Gasteiger partial charge in [-0.15, -0.1) is 0 Å². The molecule has 114 valence electrons. The summed E-state index contributed by atoms with van der Waals surface area (Å²) in [5.41, 5.74) is -0.461. The number of aliphatic carboxylic acids is 1. The number of carbonyl (C=O) groups is 1. The van der Waals surface area contributed by atoms with Gasteiger partial charge in [-0.25, -0.2) is 0 Å². The minimum atomic E-state index is -3.64. The first kappa shape index (κ1) is 18.3. The molecule has 0 saturated carbocycles. The van der Waals surface area contributed by atoms with Gasteiger partial charge in [-0.1, -0.05) is 34.1 Å². The number of carboxylic acids is 1. The average molecular weight is 294 g/mol. The van der Waals surface area contributed by atoms with E-state index in [4.69, 9.17) is 5.11 Å². The molecule has 0 aromatic carbocycles. The maximum absolute atomic E-state index is 12.1. The van der Waals surface area contributed by atoms with E-state index in [1.54, 1.807) is 0 Å². The van der Waals surface area contributed by atoms with Crippen LogP contribution in [0.3, 0.4) is 0 Å². The van der Waals surface area contributed by atoms with Crippen LogP contribution in [0.25, 0.3) is 0 Å². The monoisotopic (exact) mass is 294 g/mol. The van der Waals surface area contributed by atoms with Crippen LogP contribution in [0.2, 0.25) is 0 Å². The number of hydrogen-bond donors (Lipinski definition) is 2. The maximum atomic E-state index is 12.1. The highest BCUT2D eigenvalue weighted by Crippen LogP contribution is 2.23. The predicted octanol–water partition coefficient (Wildman–Crippen LogP) is 1.44. The van der Waals surface area contributed by atoms with Crippen molar-refractivity contribution >= 4 is 16.2 Å². The van der Waals surface area contributed by atoms with Crippen molar-refractivity contribution < 1.29 is 18.3 Å². The van der Waals surface area contributed by atoms with Gasteiger partial charge in [-0.05, 0) is 11.8 Å². The summed E-state index contributed by atoms with van der Waals surface area (Å²) in [4.78, 5) is 10.8. The molecular weight excluding hydrogens is 268 g/mol. The molecule has 0 aliphatic rings. The van der Waals surface area contributed by atoms with Crippen LogP contribution < -0.4 is 4.72 Å². The summed E-state index contributed by atoms with van der Waals surface area (Å²) in [5.74, 6) is -1.01. The molecule has 7 heteroatoms. The third kappa shape index (κ3) is 6.89. The van der Waals surface area contributed by atoms with Gasteiger partial charge in [0.2, 0.25) is 0 Å². The van der Waals surface area contributed by atoms with Crippen LogP contribution in [0.15, 0.2) is 0 Å². The number of nitrogens with zero attached hydrogens (tertiary/aromatic N) is 1. The third-order valence-corrected chi connectivity index (χ3v) is 4.54. The van der Waals surface area contributed by atoms with E-state index in [9.17, 15) is 13.2 Å². The Hall–Kier alpha value is -0.660. The number of rotatable bonds is 8. The first-order valence-corrected chi connectivity index (χ1v) is 7.90. The lowest BCUT2D eigenvalue weighted by Gasteiger charge is -2.31. The SMILES string of the molecule is CCCCN(C)S(=O)(=O)NC(CC(=O)O)C(C)(C)C. The Labute approximate surface area is 116 Å². The molecule has 0 fully saturated rings. The molecule has 0 radical (unpaired) electrons. The van der Waals surface area contributed by atoms with Gasteiger partial charge in [0.15, 0.2) is 0 Å². The number of unbranched alkanes of at least 4 members (excludes halogenated alkanes) is 1. The molecule has 0 bridgehead atoms. The van der Waals surface area contributed by atoms with Gasteiger partial charge >= 0.3 is 5.97 Å². The average Bonchev–Trinajstić information content (AvgIpc) is 2.22. The summed E-state index contributed by atoms with van der Waals surface area (Å²) in [7, 11) is -2.14. The minimum Gasteiger partial charge on any atom is -0.481 e. The summed E-state index contributed by atoms with van der Waals surface area (Å²) in [6.45, 7) is 7.85. The highest BCUT2D eigenvalue weighted by molar-refractivity contribution is 7.87. The molecule has 2 N–H and O–H groups in total. The molecule has 19 heavy (non-hydrogen) atoms. The van der Waals surface area contributed by atoms with Crippen molar-refractivity contribution in [3.05, 3.63) is 0 Å². The molecular formula is C12H26N2O4S. The maximum Gasteiger partial charge on any atom is 0.304 e. The van der Waals surface area contributed by atoms with Crippen molar-refractivity contribution in [3.63, 3.8) is 0 Å². The zero-order chi connectivity index (χ0) is 15.3. The highest BCUT2D eigenvalue weighted by atomic mass is 32.2. The third-order valence-electron chi connectivity index (χ3n) is 2.95. The normalized spacial score (nSPS) is 14.6. The Morgan fingerprint density at radius 3 is 2.26 bits per heavy atom. The molecule has 0 aliphatic heterocycles. The summed E-state index contributed by atoms with van der Waals surface area (Å²) in [6.07, 6.45) is 1.44. The summed E-state index contributed by atoms with van der Waals surface area (Å²) in [5, 5.41) is 8.88. The summed E-state index contributed by atoms with van der Waals surface area (Å²) in [6, 6.07) is -0.640. The highest BCUT2D eigenvalue weighted by Gasteiger charge is 2.32. The van der Waals surface area contributed by atoms with Crippen molar-refractivity contribution in [1.29, 1.82) is 0 Å². The van der Waals surface area contributed by atoms with E-state index in [1.807, 2.05) is 27.7 Å². The van der Waals surface area contributed by atoms with E-state index in [1.165, 1.54) is 11.4 Å². The minimum absolute atomic E-state index is 0.232. The van der Waals surface area contributed by atoms with Crippen LogP contribution in [0.5, 0.6) is 0 Å². The molecule has 0 aromatic rings. The molecule has 1 atom stereocenters. The molecule has 0 saturated heterocycles. The number of hydrogen-bond acceptors (Lipinski definition) is 3. The van der Waals surface area contributed by atoms with E-state index in [-0.39, 0.29) is 6.42 Å². The lowest BCUT2D eigenvalue weighted by Crippen LogP contribution is -2.49. The number of carboxylic acid groups (broad SMARTS) is 1. The van der Waals surface area contributed by atoms with E-state index in [2.05, 4.69) is 4.72 Å². The van der Waals surface area contributed by atoms with Gasteiger partial charge in [0.25, 0.3) is 10.2 Å². The Morgan fingerprint density at radius 1 is 1.37 bits per heavy atom. The zero-order valence-corrected chi connectivity index (χ0v) is 13.2. The molecule has 1 unspecified atom stereocenters. The van der Waals surface area contributed by atoms with E-state index in [0.717, 1.165) is 12.8 Å². The van der Waals surface area contributed by atoms with Crippen LogP contribution in [0.1, 0.15) is 47.0 Å². The lowest BCUT2D eigenvalue weighted by molar-refractivity contribution is -0.138. The molecule has 0 aliphatic carbocycles. The van der Waals surface area contributed by atoms with Crippen LogP contribution in [0.4, 0.5) is 0 Å². The van der Waals surface area contributed by atoms with Gasteiger partial charge < -0.3 is 5.11 Å². The molecule has 0 spiro atoms. The van der Waals surface area contributed by atoms with Gasteiger partial charge in [0.1, 0.15) is 0 Å². The predicted molar refractivity (Wildman–Crippen MR) is 75.1 cm³/mol. The Kier molecular flexibility index (Phi) is 6.96. The molecule has 0 amide bonds. The van der Waals surface area contributed by atoms with Gasteiger partial charge in [-0.3, -0.25) is 4.79 Å². The van der Waals surface area contributed by atoms with Gasteiger partial charge in [0, 0.05) is 19.6 Å². The smallest absolute Gasteiger partial charge is 0.304 e. The van der Waals surface area contributed by atoms with Crippen molar-refractivity contribution in [2.75, 3.05) is 13.6 Å². The van der Waals surface area contributed by atoms with Crippen molar-refractivity contribution in [2.24, 2.45) is 5.41 Å². The number of nitrogens with one attached hydrogen (secondary N) is 1. The van der Waals surface area contributed by atoms with Crippen molar-refractivity contribution in [2.45, 2.75) is 53.0 Å². The van der Waals surface area contributed by atoms with Crippen LogP contribution in [-0.2, 0) is 15.0 Å². The Bertz CT molecular complexity index is 387. The largest absolute Gasteiger partial charge is 0.481 e.